The first kappa shape index (κ1) is 11.7. The standard InChI is InChI=1S/C14H18O/c1-5-9-15-13-7-8-14(11(3)4)12(6-2)10-13/h1,7-8,10-11H,6,9H2,2-4H3. The second-order valence-electron chi connectivity index (χ2n) is 3.86. The zero-order chi connectivity index (χ0) is 11.3. The summed E-state index contributed by atoms with van der Waals surface area (Å²) in [6, 6.07) is 6.22. The normalized spacial score (nSPS) is 10.1. The van der Waals surface area contributed by atoms with E-state index in [-0.39, 0.29) is 0 Å². The van der Waals surface area contributed by atoms with E-state index in [1.165, 1.54) is 11.1 Å². The lowest BCUT2D eigenvalue weighted by molar-refractivity contribution is 0.370. The third-order valence-electron chi connectivity index (χ3n) is 2.44. The molecule has 0 unspecified atom stereocenters. The van der Waals surface area contributed by atoms with E-state index in [4.69, 9.17) is 11.2 Å². The van der Waals surface area contributed by atoms with Crippen molar-refractivity contribution in [2.45, 2.75) is 33.1 Å². The summed E-state index contributed by atoms with van der Waals surface area (Å²) in [6.07, 6.45) is 6.18. The van der Waals surface area contributed by atoms with Crippen LogP contribution in [0, 0.1) is 12.3 Å². The van der Waals surface area contributed by atoms with E-state index < -0.39 is 0 Å². The van der Waals surface area contributed by atoms with Crippen LogP contribution in [0.1, 0.15) is 37.8 Å². The van der Waals surface area contributed by atoms with Crippen molar-refractivity contribution in [3.63, 3.8) is 0 Å². The summed E-state index contributed by atoms with van der Waals surface area (Å²) in [4.78, 5) is 0. The molecule has 1 heteroatoms. The van der Waals surface area contributed by atoms with Crippen molar-refractivity contribution < 1.29 is 4.74 Å². The minimum atomic E-state index is 0.337. The number of hydrogen-bond donors (Lipinski definition) is 0. The Balaban J connectivity index is 2.93. The van der Waals surface area contributed by atoms with Crippen LogP contribution in [-0.2, 0) is 6.42 Å². The van der Waals surface area contributed by atoms with E-state index in [2.05, 4.69) is 38.8 Å². The predicted octanol–water partition coefficient (Wildman–Crippen LogP) is 3.38. The number of rotatable bonds is 4. The van der Waals surface area contributed by atoms with Gasteiger partial charge in [-0.25, -0.2) is 0 Å². The second kappa shape index (κ2) is 5.46. The topological polar surface area (TPSA) is 9.23 Å². The van der Waals surface area contributed by atoms with Gasteiger partial charge in [0.05, 0.1) is 0 Å². The van der Waals surface area contributed by atoms with E-state index in [0.717, 1.165) is 12.2 Å². The predicted molar refractivity (Wildman–Crippen MR) is 64.2 cm³/mol. The molecule has 1 aromatic rings. The number of terminal acetylenes is 1. The maximum atomic E-state index is 5.40. The Morgan fingerprint density at radius 3 is 2.67 bits per heavy atom. The number of benzene rings is 1. The van der Waals surface area contributed by atoms with Crippen LogP contribution in [0.5, 0.6) is 5.75 Å². The Hall–Kier alpha value is -1.42. The van der Waals surface area contributed by atoms with Crippen molar-refractivity contribution in [3.8, 4) is 18.1 Å². The fourth-order valence-corrected chi connectivity index (χ4v) is 1.67. The number of ether oxygens (including phenoxy) is 1. The molecule has 1 rings (SSSR count). The molecule has 0 radical (unpaired) electrons. The largest absolute Gasteiger partial charge is 0.481 e. The lowest BCUT2D eigenvalue weighted by Gasteiger charge is -2.13. The monoisotopic (exact) mass is 202 g/mol. The highest BCUT2D eigenvalue weighted by molar-refractivity contribution is 5.37. The summed E-state index contributed by atoms with van der Waals surface area (Å²) < 4.78 is 5.40. The molecule has 80 valence electrons. The quantitative estimate of drug-likeness (QED) is 0.680. The fourth-order valence-electron chi connectivity index (χ4n) is 1.67. The summed E-state index contributed by atoms with van der Waals surface area (Å²) in [6.45, 7) is 6.91. The molecular weight excluding hydrogens is 184 g/mol. The first-order chi connectivity index (χ1) is 7.19. The van der Waals surface area contributed by atoms with Crippen molar-refractivity contribution in [1.29, 1.82) is 0 Å². The smallest absolute Gasteiger partial charge is 0.148 e. The molecule has 0 aromatic heterocycles. The van der Waals surface area contributed by atoms with Crippen LogP contribution in [0.4, 0.5) is 0 Å². The molecule has 0 bridgehead atoms. The molecule has 0 spiro atoms. The Morgan fingerprint density at radius 1 is 1.40 bits per heavy atom. The molecule has 0 N–H and O–H groups in total. The molecular formula is C14H18O. The molecule has 0 atom stereocenters. The van der Waals surface area contributed by atoms with Crippen molar-refractivity contribution in [2.24, 2.45) is 0 Å². The Kier molecular flexibility index (Phi) is 4.24. The van der Waals surface area contributed by atoms with Crippen LogP contribution in [-0.4, -0.2) is 6.61 Å². The first-order valence-corrected chi connectivity index (χ1v) is 5.38. The molecule has 0 aliphatic carbocycles. The highest BCUT2D eigenvalue weighted by Crippen LogP contribution is 2.24. The Bertz CT molecular complexity index is 358. The Morgan fingerprint density at radius 2 is 2.13 bits per heavy atom. The van der Waals surface area contributed by atoms with E-state index in [0.29, 0.717) is 12.5 Å². The van der Waals surface area contributed by atoms with Gasteiger partial charge in [0.1, 0.15) is 12.4 Å². The minimum absolute atomic E-state index is 0.337. The number of aryl methyl sites for hydroxylation is 1. The van der Waals surface area contributed by atoms with E-state index >= 15 is 0 Å². The summed E-state index contributed by atoms with van der Waals surface area (Å²) in [7, 11) is 0. The van der Waals surface area contributed by atoms with E-state index in [1.807, 2.05) is 6.07 Å². The summed E-state index contributed by atoms with van der Waals surface area (Å²) in [5.41, 5.74) is 2.74. The molecule has 0 aliphatic rings. The first-order valence-electron chi connectivity index (χ1n) is 5.38. The molecule has 0 heterocycles. The lowest BCUT2D eigenvalue weighted by atomic mass is 9.95. The average molecular weight is 202 g/mol. The van der Waals surface area contributed by atoms with Gasteiger partial charge in [-0.3, -0.25) is 0 Å². The van der Waals surface area contributed by atoms with E-state index in [1.54, 1.807) is 0 Å². The van der Waals surface area contributed by atoms with Crippen LogP contribution < -0.4 is 4.74 Å². The number of hydrogen-bond acceptors (Lipinski definition) is 1. The minimum Gasteiger partial charge on any atom is -0.481 e. The summed E-state index contributed by atoms with van der Waals surface area (Å²) >= 11 is 0. The van der Waals surface area contributed by atoms with Gasteiger partial charge >= 0.3 is 0 Å². The van der Waals surface area contributed by atoms with Gasteiger partial charge in [0.25, 0.3) is 0 Å². The van der Waals surface area contributed by atoms with Gasteiger partial charge < -0.3 is 4.74 Å². The maximum Gasteiger partial charge on any atom is 0.148 e. The van der Waals surface area contributed by atoms with Gasteiger partial charge in [-0.05, 0) is 35.6 Å². The molecule has 0 aliphatic heterocycles. The zero-order valence-corrected chi connectivity index (χ0v) is 9.71. The van der Waals surface area contributed by atoms with Crippen molar-refractivity contribution in [2.75, 3.05) is 6.61 Å². The van der Waals surface area contributed by atoms with Crippen molar-refractivity contribution in [3.05, 3.63) is 29.3 Å². The van der Waals surface area contributed by atoms with Gasteiger partial charge in [-0.2, -0.15) is 0 Å². The second-order valence-corrected chi connectivity index (χ2v) is 3.86. The third-order valence-corrected chi connectivity index (χ3v) is 2.44. The highest BCUT2D eigenvalue weighted by atomic mass is 16.5. The molecule has 15 heavy (non-hydrogen) atoms. The summed E-state index contributed by atoms with van der Waals surface area (Å²) in [5.74, 6) is 3.90. The molecule has 1 nitrogen and oxygen atoms in total. The van der Waals surface area contributed by atoms with Crippen LogP contribution in [0.25, 0.3) is 0 Å². The van der Waals surface area contributed by atoms with Gasteiger partial charge in [0, 0.05) is 0 Å². The zero-order valence-electron chi connectivity index (χ0n) is 9.71. The van der Waals surface area contributed by atoms with Gasteiger partial charge in [-0.15, -0.1) is 6.42 Å². The van der Waals surface area contributed by atoms with Crippen LogP contribution in [0.3, 0.4) is 0 Å². The highest BCUT2D eigenvalue weighted by Gasteiger charge is 2.06. The molecule has 0 amide bonds. The van der Waals surface area contributed by atoms with Crippen LogP contribution in [0.2, 0.25) is 0 Å². The molecule has 1 aromatic carbocycles. The molecule has 0 saturated carbocycles. The van der Waals surface area contributed by atoms with Gasteiger partial charge in [-0.1, -0.05) is 32.8 Å². The SMILES string of the molecule is C#CCOc1ccc(C(C)C)c(CC)c1. The van der Waals surface area contributed by atoms with Crippen LogP contribution >= 0.6 is 0 Å². The van der Waals surface area contributed by atoms with Crippen molar-refractivity contribution in [1.82, 2.24) is 0 Å². The van der Waals surface area contributed by atoms with Gasteiger partial charge in [0.2, 0.25) is 0 Å². The molecule has 0 fully saturated rings. The summed E-state index contributed by atoms with van der Waals surface area (Å²) in [5, 5.41) is 0. The van der Waals surface area contributed by atoms with E-state index in [9.17, 15) is 0 Å². The van der Waals surface area contributed by atoms with Crippen LogP contribution in [0.15, 0.2) is 18.2 Å². The fraction of sp³-hybridized carbons (Fsp3) is 0.429. The maximum absolute atomic E-state index is 5.40. The average Bonchev–Trinajstić information content (AvgIpc) is 2.25. The third kappa shape index (κ3) is 3.02. The van der Waals surface area contributed by atoms with Gasteiger partial charge in [0.15, 0.2) is 0 Å². The molecule has 0 saturated heterocycles. The lowest BCUT2D eigenvalue weighted by Crippen LogP contribution is -1.98. The Labute approximate surface area is 92.5 Å². The van der Waals surface area contributed by atoms with Crippen molar-refractivity contribution >= 4 is 0 Å².